The molecule has 3 atom stereocenters. The summed E-state index contributed by atoms with van der Waals surface area (Å²) in [5.74, 6) is 2.59. The van der Waals surface area contributed by atoms with Crippen LogP contribution in [0.25, 0.3) is 0 Å². The van der Waals surface area contributed by atoms with E-state index >= 15 is 0 Å². The number of ether oxygens (including phenoxy) is 1. The van der Waals surface area contributed by atoms with Gasteiger partial charge in [-0.1, -0.05) is 13.8 Å². The van der Waals surface area contributed by atoms with Gasteiger partial charge < -0.3 is 10.1 Å². The first kappa shape index (κ1) is 14.7. The average Bonchev–Trinajstić information content (AvgIpc) is 2.31. The van der Waals surface area contributed by atoms with E-state index in [0.717, 1.165) is 25.0 Å². The van der Waals surface area contributed by atoms with Crippen molar-refractivity contribution in [1.29, 1.82) is 0 Å². The van der Waals surface area contributed by atoms with Crippen LogP contribution in [0.4, 0.5) is 0 Å². The molecule has 16 heavy (non-hydrogen) atoms. The van der Waals surface area contributed by atoms with Crippen molar-refractivity contribution in [2.24, 2.45) is 0 Å². The minimum atomic E-state index is 0.521. The third-order valence-electron chi connectivity index (χ3n) is 2.79. The minimum Gasteiger partial charge on any atom is -0.380 e. The van der Waals surface area contributed by atoms with Gasteiger partial charge in [-0.3, -0.25) is 0 Å². The van der Waals surface area contributed by atoms with Gasteiger partial charge in [-0.2, -0.15) is 23.5 Å². The highest BCUT2D eigenvalue weighted by atomic mass is 32.2. The highest BCUT2D eigenvalue weighted by Gasteiger charge is 2.29. The van der Waals surface area contributed by atoms with Crippen molar-refractivity contribution in [2.45, 2.75) is 43.7 Å². The molecule has 0 aromatic carbocycles. The summed E-state index contributed by atoms with van der Waals surface area (Å²) in [5, 5.41) is 5.09. The molecule has 1 heterocycles. The Labute approximate surface area is 109 Å². The van der Waals surface area contributed by atoms with Gasteiger partial charge in [-0.05, 0) is 19.9 Å². The van der Waals surface area contributed by atoms with Crippen LogP contribution in [-0.2, 0) is 4.74 Å². The molecular weight excluding hydrogens is 238 g/mol. The minimum absolute atomic E-state index is 0.521. The Hall–Kier alpha value is 0.620. The standard InChI is InChI=1S/C12H25NOS2/c1-4-6-13-11(9-14-5-2)12-10(3)15-7-8-16-12/h10-13H,4-9H2,1-3H3. The molecule has 1 fully saturated rings. The van der Waals surface area contributed by atoms with Gasteiger partial charge in [0.15, 0.2) is 0 Å². The van der Waals surface area contributed by atoms with E-state index in [1.165, 1.54) is 17.9 Å². The zero-order valence-corrected chi connectivity index (χ0v) is 12.3. The first-order valence-corrected chi connectivity index (χ1v) is 8.43. The molecule has 0 spiro atoms. The van der Waals surface area contributed by atoms with Crippen LogP contribution in [0.5, 0.6) is 0 Å². The number of hydrogen-bond donors (Lipinski definition) is 1. The summed E-state index contributed by atoms with van der Waals surface area (Å²) in [6.07, 6.45) is 1.20. The van der Waals surface area contributed by atoms with Crippen LogP contribution in [0.1, 0.15) is 27.2 Å². The zero-order chi connectivity index (χ0) is 11.8. The third-order valence-corrected chi connectivity index (χ3v) is 6.04. The lowest BCUT2D eigenvalue weighted by Gasteiger charge is -2.34. The summed E-state index contributed by atoms with van der Waals surface area (Å²) < 4.78 is 5.61. The number of nitrogens with one attached hydrogen (secondary N) is 1. The zero-order valence-electron chi connectivity index (χ0n) is 10.7. The van der Waals surface area contributed by atoms with Gasteiger partial charge in [0.1, 0.15) is 0 Å². The molecule has 0 aromatic rings. The van der Waals surface area contributed by atoms with Gasteiger partial charge in [0.2, 0.25) is 0 Å². The Bertz CT molecular complexity index is 172. The average molecular weight is 263 g/mol. The van der Waals surface area contributed by atoms with Gasteiger partial charge in [0, 0.05) is 34.7 Å². The largest absolute Gasteiger partial charge is 0.380 e. The van der Waals surface area contributed by atoms with E-state index in [2.05, 4.69) is 49.6 Å². The molecule has 0 bridgehead atoms. The quantitative estimate of drug-likeness (QED) is 0.762. The van der Waals surface area contributed by atoms with Gasteiger partial charge in [0.05, 0.1) is 6.61 Å². The smallest absolute Gasteiger partial charge is 0.0630 e. The van der Waals surface area contributed by atoms with Crippen LogP contribution >= 0.6 is 23.5 Å². The molecular formula is C12H25NOS2. The second kappa shape index (κ2) is 8.67. The van der Waals surface area contributed by atoms with E-state index in [9.17, 15) is 0 Å². The lowest BCUT2D eigenvalue weighted by molar-refractivity contribution is 0.122. The molecule has 1 saturated heterocycles. The van der Waals surface area contributed by atoms with E-state index in [-0.39, 0.29) is 0 Å². The molecule has 96 valence electrons. The molecule has 0 aliphatic carbocycles. The second-order valence-electron chi connectivity index (χ2n) is 4.13. The van der Waals surface area contributed by atoms with E-state index in [1.807, 2.05) is 0 Å². The van der Waals surface area contributed by atoms with Crippen molar-refractivity contribution in [2.75, 3.05) is 31.3 Å². The maximum atomic E-state index is 5.61. The fourth-order valence-corrected chi connectivity index (χ4v) is 4.88. The van der Waals surface area contributed by atoms with Gasteiger partial charge in [0.25, 0.3) is 0 Å². The molecule has 1 N–H and O–H groups in total. The molecule has 0 saturated carbocycles. The molecule has 0 aromatic heterocycles. The van der Waals surface area contributed by atoms with Crippen LogP contribution in [0, 0.1) is 0 Å². The van der Waals surface area contributed by atoms with E-state index in [4.69, 9.17) is 4.74 Å². The van der Waals surface area contributed by atoms with Crippen LogP contribution in [0.3, 0.4) is 0 Å². The highest BCUT2D eigenvalue weighted by Crippen LogP contribution is 2.33. The highest BCUT2D eigenvalue weighted by molar-refractivity contribution is 8.07. The summed E-state index contributed by atoms with van der Waals surface area (Å²) in [5.41, 5.74) is 0. The fourth-order valence-electron chi connectivity index (χ4n) is 1.94. The Kier molecular flexibility index (Phi) is 7.96. The molecule has 1 aliphatic rings. The van der Waals surface area contributed by atoms with Crippen molar-refractivity contribution in [3.05, 3.63) is 0 Å². The fraction of sp³-hybridized carbons (Fsp3) is 1.00. The molecule has 2 nitrogen and oxygen atoms in total. The van der Waals surface area contributed by atoms with Crippen molar-refractivity contribution in [3.8, 4) is 0 Å². The molecule has 0 amide bonds. The van der Waals surface area contributed by atoms with Crippen LogP contribution in [-0.4, -0.2) is 47.8 Å². The van der Waals surface area contributed by atoms with Gasteiger partial charge in [-0.15, -0.1) is 0 Å². The maximum absolute atomic E-state index is 5.61. The van der Waals surface area contributed by atoms with Crippen molar-refractivity contribution in [1.82, 2.24) is 5.32 Å². The molecule has 3 unspecified atom stereocenters. The van der Waals surface area contributed by atoms with Crippen LogP contribution in [0.2, 0.25) is 0 Å². The Morgan fingerprint density at radius 2 is 2.06 bits per heavy atom. The summed E-state index contributed by atoms with van der Waals surface area (Å²) in [7, 11) is 0. The molecule has 0 radical (unpaired) electrons. The predicted octanol–water partition coefficient (Wildman–Crippen LogP) is 2.63. The summed E-state index contributed by atoms with van der Waals surface area (Å²) >= 11 is 4.22. The summed E-state index contributed by atoms with van der Waals surface area (Å²) in [6.45, 7) is 9.43. The molecule has 1 aliphatic heterocycles. The Morgan fingerprint density at radius 3 is 2.69 bits per heavy atom. The monoisotopic (exact) mass is 263 g/mol. The van der Waals surface area contributed by atoms with Gasteiger partial charge in [-0.25, -0.2) is 0 Å². The van der Waals surface area contributed by atoms with E-state index < -0.39 is 0 Å². The second-order valence-corrected chi connectivity index (χ2v) is 6.90. The predicted molar refractivity (Wildman–Crippen MR) is 76.7 cm³/mol. The van der Waals surface area contributed by atoms with Crippen LogP contribution < -0.4 is 5.32 Å². The first-order valence-electron chi connectivity index (χ1n) is 6.33. The van der Waals surface area contributed by atoms with Crippen molar-refractivity contribution in [3.63, 3.8) is 0 Å². The first-order chi connectivity index (χ1) is 7.79. The lowest BCUT2D eigenvalue weighted by Crippen LogP contribution is -2.47. The van der Waals surface area contributed by atoms with Gasteiger partial charge >= 0.3 is 0 Å². The molecule has 4 heteroatoms. The van der Waals surface area contributed by atoms with Crippen molar-refractivity contribution < 1.29 is 4.74 Å². The Morgan fingerprint density at radius 1 is 1.31 bits per heavy atom. The van der Waals surface area contributed by atoms with E-state index in [1.54, 1.807) is 0 Å². The normalized spacial score (nSPS) is 27.9. The number of thioether (sulfide) groups is 2. The summed E-state index contributed by atoms with van der Waals surface area (Å²) in [4.78, 5) is 0. The third kappa shape index (κ3) is 4.86. The Balaban J connectivity index is 2.44. The number of rotatable bonds is 7. The lowest BCUT2D eigenvalue weighted by atomic mass is 10.1. The number of hydrogen-bond acceptors (Lipinski definition) is 4. The SMILES string of the molecule is CCCNC(COCC)C1SCCSC1C. The molecule has 1 rings (SSSR count). The van der Waals surface area contributed by atoms with Crippen molar-refractivity contribution >= 4 is 23.5 Å². The maximum Gasteiger partial charge on any atom is 0.0630 e. The van der Waals surface area contributed by atoms with Crippen LogP contribution in [0.15, 0.2) is 0 Å². The topological polar surface area (TPSA) is 21.3 Å². The van der Waals surface area contributed by atoms with E-state index in [0.29, 0.717) is 11.3 Å². The summed E-state index contributed by atoms with van der Waals surface area (Å²) in [6, 6.07) is 0.521.